The van der Waals surface area contributed by atoms with Crippen LogP contribution in [0, 0.1) is 19.7 Å². The van der Waals surface area contributed by atoms with Crippen LogP contribution in [0.5, 0.6) is 0 Å². The molecule has 0 spiro atoms. The summed E-state index contributed by atoms with van der Waals surface area (Å²) in [7, 11) is 0. The van der Waals surface area contributed by atoms with Gasteiger partial charge in [0.15, 0.2) is 0 Å². The summed E-state index contributed by atoms with van der Waals surface area (Å²) in [4.78, 5) is 26.5. The van der Waals surface area contributed by atoms with E-state index in [4.69, 9.17) is 0 Å². The molecule has 1 N–H and O–H groups in total. The highest BCUT2D eigenvalue weighted by molar-refractivity contribution is 6.04. The van der Waals surface area contributed by atoms with Gasteiger partial charge in [-0.05, 0) is 56.7 Å². The van der Waals surface area contributed by atoms with Gasteiger partial charge in [0.1, 0.15) is 11.9 Å². The Morgan fingerprint density at radius 1 is 1.12 bits per heavy atom. The molecule has 4 nitrogen and oxygen atoms in total. The van der Waals surface area contributed by atoms with Crippen molar-refractivity contribution in [3.8, 4) is 0 Å². The molecule has 0 radical (unpaired) electrons. The van der Waals surface area contributed by atoms with Gasteiger partial charge in [-0.15, -0.1) is 0 Å². The number of carbonyl (C=O) groups excluding carboxylic acids is 2. The average Bonchev–Trinajstić information content (AvgIpc) is 2.88. The van der Waals surface area contributed by atoms with Gasteiger partial charge in [0.05, 0.1) is 0 Å². The molecule has 1 aliphatic heterocycles. The molecule has 1 fully saturated rings. The zero-order valence-electron chi connectivity index (χ0n) is 13.7. The fourth-order valence-electron chi connectivity index (χ4n) is 3.04. The van der Waals surface area contributed by atoms with Crippen LogP contribution in [-0.4, -0.2) is 24.4 Å². The molecule has 2 amide bonds. The van der Waals surface area contributed by atoms with E-state index in [1.54, 1.807) is 29.2 Å². The van der Waals surface area contributed by atoms with E-state index >= 15 is 0 Å². The lowest BCUT2D eigenvalue weighted by molar-refractivity contribution is -0.118. The lowest BCUT2D eigenvalue weighted by atomic mass is 10.1. The Bertz CT molecular complexity index is 766. The zero-order valence-corrected chi connectivity index (χ0v) is 13.7. The van der Waals surface area contributed by atoms with Gasteiger partial charge in [0.25, 0.3) is 5.91 Å². The van der Waals surface area contributed by atoms with Crippen molar-refractivity contribution in [2.75, 3.05) is 11.4 Å². The molecule has 0 aliphatic carbocycles. The molecule has 1 atom stereocenters. The smallest absolute Gasteiger partial charge is 0.251 e. The van der Waals surface area contributed by atoms with E-state index in [1.807, 2.05) is 19.9 Å². The van der Waals surface area contributed by atoms with Gasteiger partial charge >= 0.3 is 0 Å². The standard InChI is InChI=1S/C19H19FN2O2/c1-12-9-13(2)11-14(10-12)18(23)21-17-7-8-22(19(17)24)16-5-3-15(20)4-6-16/h3-6,9-11,17H,7-8H2,1-2H3,(H,21,23). The summed E-state index contributed by atoms with van der Waals surface area (Å²) in [6.07, 6.45) is 0.534. The molecular weight excluding hydrogens is 307 g/mol. The summed E-state index contributed by atoms with van der Waals surface area (Å²) in [6, 6.07) is 10.8. The van der Waals surface area contributed by atoms with Crippen molar-refractivity contribution in [2.45, 2.75) is 26.3 Å². The van der Waals surface area contributed by atoms with Crippen LogP contribution in [0.3, 0.4) is 0 Å². The van der Waals surface area contributed by atoms with Crippen LogP contribution < -0.4 is 10.2 Å². The molecule has 24 heavy (non-hydrogen) atoms. The lowest BCUT2D eigenvalue weighted by Gasteiger charge is -2.17. The zero-order chi connectivity index (χ0) is 17.3. The first-order valence-electron chi connectivity index (χ1n) is 7.90. The first-order valence-corrected chi connectivity index (χ1v) is 7.90. The number of halogens is 1. The minimum Gasteiger partial charge on any atom is -0.340 e. The summed E-state index contributed by atoms with van der Waals surface area (Å²) < 4.78 is 13.0. The third-order valence-corrected chi connectivity index (χ3v) is 4.13. The average molecular weight is 326 g/mol. The SMILES string of the molecule is Cc1cc(C)cc(C(=O)NC2CCN(c3ccc(F)cc3)C2=O)c1. The Hall–Kier alpha value is -2.69. The van der Waals surface area contributed by atoms with E-state index in [0.717, 1.165) is 11.1 Å². The summed E-state index contributed by atoms with van der Waals surface area (Å²) >= 11 is 0. The maximum atomic E-state index is 13.0. The van der Waals surface area contributed by atoms with Gasteiger partial charge in [-0.1, -0.05) is 17.2 Å². The molecule has 3 rings (SSSR count). The predicted molar refractivity (Wildman–Crippen MR) is 90.5 cm³/mol. The van der Waals surface area contributed by atoms with E-state index in [0.29, 0.717) is 24.2 Å². The van der Waals surface area contributed by atoms with Gasteiger partial charge in [0, 0.05) is 17.8 Å². The first kappa shape index (κ1) is 16.2. The van der Waals surface area contributed by atoms with Gasteiger partial charge in [-0.25, -0.2) is 4.39 Å². The number of aryl methyl sites for hydroxylation is 2. The molecule has 1 heterocycles. The minimum absolute atomic E-state index is 0.167. The molecule has 124 valence electrons. The number of hydrogen-bond acceptors (Lipinski definition) is 2. The summed E-state index contributed by atoms with van der Waals surface area (Å²) in [6.45, 7) is 4.36. The molecule has 2 aromatic rings. The van der Waals surface area contributed by atoms with E-state index in [-0.39, 0.29) is 17.6 Å². The van der Waals surface area contributed by atoms with Crippen molar-refractivity contribution >= 4 is 17.5 Å². The third kappa shape index (κ3) is 3.30. The number of carbonyl (C=O) groups is 2. The molecule has 0 saturated carbocycles. The molecule has 2 aromatic carbocycles. The van der Waals surface area contributed by atoms with Crippen molar-refractivity contribution < 1.29 is 14.0 Å². The summed E-state index contributed by atoms with van der Waals surface area (Å²) in [5, 5.41) is 2.81. The van der Waals surface area contributed by atoms with Crippen LogP contribution in [0.1, 0.15) is 27.9 Å². The van der Waals surface area contributed by atoms with Crippen LogP contribution in [0.2, 0.25) is 0 Å². The Labute approximate surface area is 140 Å². The summed E-state index contributed by atoms with van der Waals surface area (Å²) in [5.41, 5.74) is 3.21. The van der Waals surface area contributed by atoms with Crippen molar-refractivity contribution in [3.05, 3.63) is 65.0 Å². The molecule has 1 saturated heterocycles. The maximum absolute atomic E-state index is 13.0. The quantitative estimate of drug-likeness (QED) is 0.943. The number of anilines is 1. The highest BCUT2D eigenvalue weighted by atomic mass is 19.1. The molecular formula is C19H19FN2O2. The topological polar surface area (TPSA) is 49.4 Å². The normalized spacial score (nSPS) is 17.2. The number of benzene rings is 2. The molecule has 5 heteroatoms. The van der Waals surface area contributed by atoms with Crippen LogP contribution in [0.15, 0.2) is 42.5 Å². The molecule has 0 aromatic heterocycles. The van der Waals surface area contributed by atoms with E-state index < -0.39 is 6.04 Å². The second-order valence-electron chi connectivity index (χ2n) is 6.16. The fraction of sp³-hybridized carbons (Fsp3) is 0.263. The Balaban J connectivity index is 1.71. The van der Waals surface area contributed by atoms with Gasteiger partial charge in [-0.2, -0.15) is 0 Å². The number of nitrogens with zero attached hydrogens (tertiary/aromatic N) is 1. The van der Waals surface area contributed by atoms with Crippen molar-refractivity contribution in [1.82, 2.24) is 5.32 Å². The minimum atomic E-state index is -0.552. The number of nitrogens with one attached hydrogen (secondary N) is 1. The predicted octanol–water partition coefficient (Wildman–Crippen LogP) is 2.98. The molecule has 1 aliphatic rings. The largest absolute Gasteiger partial charge is 0.340 e. The van der Waals surface area contributed by atoms with E-state index in [2.05, 4.69) is 5.32 Å². The van der Waals surface area contributed by atoms with Crippen LogP contribution >= 0.6 is 0 Å². The Morgan fingerprint density at radius 3 is 2.38 bits per heavy atom. The van der Waals surface area contributed by atoms with Gasteiger partial charge in [-0.3, -0.25) is 9.59 Å². The highest BCUT2D eigenvalue weighted by Crippen LogP contribution is 2.22. The maximum Gasteiger partial charge on any atom is 0.251 e. The molecule has 1 unspecified atom stereocenters. The lowest BCUT2D eigenvalue weighted by Crippen LogP contribution is -2.41. The van der Waals surface area contributed by atoms with Gasteiger partial charge < -0.3 is 10.2 Å². The van der Waals surface area contributed by atoms with Gasteiger partial charge in [0.2, 0.25) is 5.91 Å². The number of hydrogen-bond donors (Lipinski definition) is 1. The van der Waals surface area contributed by atoms with Crippen LogP contribution in [0.25, 0.3) is 0 Å². The van der Waals surface area contributed by atoms with Crippen molar-refractivity contribution in [2.24, 2.45) is 0 Å². The second kappa shape index (κ2) is 6.43. The highest BCUT2D eigenvalue weighted by Gasteiger charge is 2.33. The third-order valence-electron chi connectivity index (χ3n) is 4.13. The van der Waals surface area contributed by atoms with Crippen molar-refractivity contribution in [3.63, 3.8) is 0 Å². The van der Waals surface area contributed by atoms with E-state index in [9.17, 15) is 14.0 Å². The van der Waals surface area contributed by atoms with Crippen molar-refractivity contribution in [1.29, 1.82) is 0 Å². The first-order chi connectivity index (χ1) is 11.4. The van der Waals surface area contributed by atoms with E-state index in [1.165, 1.54) is 12.1 Å². The van der Waals surface area contributed by atoms with Crippen LogP contribution in [-0.2, 0) is 4.79 Å². The fourth-order valence-corrected chi connectivity index (χ4v) is 3.04. The number of amides is 2. The monoisotopic (exact) mass is 326 g/mol. The second-order valence-corrected chi connectivity index (χ2v) is 6.16. The number of rotatable bonds is 3. The Kier molecular flexibility index (Phi) is 4.34. The van der Waals surface area contributed by atoms with Crippen LogP contribution in [0.4, 0.5) is 10.1 Å². The summed E-state index contributed by atoms with van der Waals surface area (Å²) in [5.74, 6) is -0.759. The molecule has 0 bridgehead atoms. The Morgan fingerprint density at radius 2 is 1.75 bits per heavy atom.